The van der Waals surface area contributed by atoms with Gasteiger partial charge < -0.3 is 10.2 Å². The molecule has 17 heavy (non-hydrogen) atoms. The topological polar surface area (TPSA) is 32.3 Å². The second kappa shape index (κ2) is 5.71. The summed E-state index contributed by atoms with van der Waals surface area (Å²) in [5, 5.41) is 2.98. The lowest BCUT2D eigenvalue weighted by Gasteiger charge is -2.18. The van der Waals surface area contributed by atoms with Gasteiger partial charge in [0.25, 0.3) is 0 Å². The zero-order valence-corrected chi connectivity index (χ0v) is 10.4. The SMILES string of the molecule is CCC(=O)NCC1CCN(c2ccccc2)C1. The minimum absolute atomic E-state index is 0.156. The summed E-state index contributed by atoms with van der Waals surface area (Å²) >= 11 is 0. The van der Waals surface area contributed by atoms with Gasteiger partial charge in [0.05, 0.1) is 0 Å². The number of carbonyl (C=O) groups excluding carboxylic acids is 1. The van der Waals surface area contributed by atoms with Crippen LogP contribution in [0.3, 0.4) is 0 Å². The third-order valence-electron chi connectivity index (χ3n) is 3.32. The summed E-state index contributed by atoms with van der Waals surface area (Å²) in [4.78, 5) is 13.6. The lowest BCUT2D eigenvalue weighted by atomic mass is 10.1. The minimum Gasteiger partial charge on any atom is -0.371 e. The van der Waals surface area contributed by atoms with Crippen LogP contribution in [0.25, 0.3) is 0 Å². The Hall–Kier alpha value is -1.51. The number of anilines is 1. The molecule has 1 amide bonds. The molecule has 1 heterocycles. The molecule has 1 unspecified atom stereocenters. The number of rotatable bonds is 4. The Balaban J connectivity index is 1.82. The van der Waals surface area contributed by atoms with Crippen LogP contribution in [0.1, 0.15) is 19.8 Å². The van der Waals surface area contributed by atoms with Crippen molar-refractivity contribution in [1.29, 1.82) is 0 Å². The molecule has 2 rings (SSSR count). The molecule has 0 aliphatic carbocycles. The molecule has 1 fully saturated rings. The summed E-state index contributed by atoms with van der Waals surface area (Å²) in [5.41, 5.74) is 1.29. The summed E-state index contributed by atoms with van der Waals surface area (Å²) in [6, 6.07) is 10.5. The van der Waals surface area contributed by atoms with Crippen molar-refractivity contribution in [2.45, 2.75) is 19.8 Å². The van der Waals surface area contributed by atoms with Gasteiger partial charge >= 0.3 is 0 Å². The maximum atomic E-state index is 11.2. The third kappa shape index (κ3) is 3.22. The van der Waals surface area contributed by atoms with E-state index in [0.29, 0.717) is 12.3 Å². The summed E-state index contributed by atoms with van der Waals surface area (Å²) in [6.45, 7) is 4.85. The first kappa shape index (κ1) is 12.0. The molecular formula is C14H20N2O. The summed E-state index contributed by atoms with van der Waals surface area (Å²) in [7, 11) is 0. The van der Waals surface area contributed by atoms with Gasteiger partial charge in [-0.3, -0.25) is 4.79 Å². The molecule has 3 nitrogen and oxygen atoms in total. The minimum atomic E-state index is 0.156. The predicted octanol–water partition coefficient (Wildman–Crippen LogP) is 2.04. The largest absolute Gasteiger partial charge is 0.371 e. The van der Waals surface area contributed by atoms with E-state index in [0.717, 1.165) is 19.6 Å². The monoisotopic (exact) mass is 232 g/mol. The average molecular weight is 232 g/mol. The van der Waals surface area contributed by atoms with Gasteiger partial charge in [-0.2, -0.15) is 0 Å². The van der Waals surface area contributed by atoms with Gasteiger partial charge in [-0.25, -0.2) is 0 Å². The molecule has 1 saturated heterocycles. The van der Waals surface area contributed by atoms with E-state index >= 15 is 0 Å². The first-order valence-corrected chi connectivity index (χ1v) is 6.36. The van der Waals surface area contributed by atoms with E-state index in [2.05, 4.69) is 34.5 Å². The fourth-order valence-electron chi connectivity index (χ4n) is 2.26. The van der Waals surface area contributed by atoms with Crippen molar-refractivity contribution in [2.24, 2.45) is 5.92 Å². The van der Waals surface area contributed by atoms with Gasteiger partial charge in [-0.1, -0.05) is 25.1 Å². The van der Waals surface area contributed by atoms with Crippen LogP contribution in [0.2, 0.25) is 0 Å². The Kier molecular flexibility index (Phi) is 4.02. The van der Waals surface area contributed by atoms with Gasteiger partial charge in [-0.15, -0.1) is 0 Å². The number of amides is 1. The Bertz CT molecular complexity index is 364. The number of nitrogens with zero attached hydrogens (tertiary/aromatic N) is 1. The van der Waals surface area contributed by atoms with Crippen molar-refractivity contribution in [3.8, 4) is 0 Å². The highest BCUT2D eigenvalue weighted by Crippen LogP contribution is 2.22. The van der Waals surface area contributed by atoms with Gasteiger partial charge in [0.2, 0.25) is 5.91 Å². The van der Waals surface area contributed by atoms with Crippen LogP contribution in [0.5, 0.6) is 0 Å². The van der Waals surface area contributed by atoms with E-state index in [1.54, 1.807) is 0 Å². The van der Waals surface area contributed by atoms with Crippen LogP contribution in [0.15, 0.2) is 30.3 Å². The lowest BCUT2D eigenvalue weighted by Crippen LogP contribution is -2.30. The molecule has 0 saturated carbocycles. The van der Waals surface area contributed by atoms with Crippen LogP contribution >= 0.6 is 0 Å². The zero-order chi connectivity index (χ0) is 12.1. The Morgan fingerprint density at radius 3 is 2.88 bits per heavy atom. The average Bonchev–Trinajstić information content (AvgIpc) is 2.86. The first-order valence-electron chi connectivity index (χ1n) is 6.36. The van der Waals surface area contributed by atoms with Crippen molar-refractivity contribution < 1.29 is 4.79 Å². The molecule has 1 aromatic rings. The van der Waals surface area contributed by atoms with Crippen LogP contribution < -0.4 is 10.2 Å². The lowest BCUT2D eigenvalue weighted by molar-refractivity contribution is -0.120. The number of hydrogen-bond acceptors (Lipinski definition) is 2. The molecule has 1 N–H and O–H groups in total. The van der Waals surface area contributed by atoms with Gasteiger partial charge in [-0.05, 0) is 24.5 Å². The van der Waals surface area contributed by atoms with Crippen LogP contribution in [-0.2, 0) is 4.79 Å². The Morgan fingerprint density at radius 2 is 2.18 bits per heavy atom. The van der Waals surface area contributed by atoms with E-state index in [1.165, 1.54) is 12.1 Å². The van der Waals surface area contributed by atoms with Crippen LogP contribution in [0, 0.1) is 5.92 Å². The maximum absolute atomic E-state index is 11.2. The van der Waals surface area contributed by atoms with Crippen molar-refractivity contribution in [3.63, 3.8) is 0 Å². The maximum Gasteiger partial charge on any atom is 0.219 e. The van der Waals surface area contributed by atoms with Crippen molar-refractivity contribution >= 4 is 11.6 Å². The molecule has 1 aromatic carbocycles. The number of carbonyl (C=O) groups is 1. The molecule has 0 bridgehead atoms. The number of benzene rings is 1. The molecule has 1 atom stereocenters. The number of nitrogens with one attached hydrogen (secondary N) is 1. The number of para-hydroxylation sites is 1. The highest BCUT2D eigenvalue weighted by atomic mass is 16.1. The standard InChI is InChI=1S/C14H20N2O/c1-2-14(17)15-10-12-8-9-16(11-12)13-6-4-3-5-7-13/h3-7,12H,2,8-11H2,1H3,(H,15,17). The second-order valence-corrected chi connectivity index (χ2v) is 4.59. The molecule has 0 radical (unpaired) electrons. The predicted molar refractivity (Wildman–Crippen MR) is 70.1 cm³/mol. The van der Waals surface area contributed by atoms with E-state index in [-0.39, 0.29) is 5.91 Å². The van der Waals surface area contributed by atoms with Gasteiger partial charge in [0.15, 0.2) is 0 Å². The molecule has 1 aliphatic heterocycles. The van der Waals surface area contributed by atoms with Crippen molar-refractivity contribution in [2.75, 3.05) is 24.5 Å². The van der Waals surface area contributed by atoms with E-state index in [4.69, 9.17) is 0 Å². The smallest absolute Gasteiger partial charge is 0.219 e. The molecule has 0 aromatic heterocycles. The molecule has 0 spiro atoms. The van der Waals surface area contributed by atoms with E-state index in [1.807, 2.05) is 13.0 Å². The van der Waals surface area contributed by atoms with E-state index in [9.17, 15) is 4.79 Å². The zero-order valence-electron chi connectivity index (χ0n) is 10.4. The molecule has 1 aliphatic rings. The van der Waals surface area contributed by atoms with Gasteiger partial charge in [0, 0.05) is 31.7 Å². The first-order chi connectivity index (χ1) is 8.29. The van der Waals surface area contributed by atoms with Crippen molar-refractivity contribution in [3.05, 3.63) is 30.3 Å². The molecule has 3 heteroatoms. The normalized spacial score (nSPS) is 19.4. The van der Waals surface area contributed by atoms with E-state index < -0.39 is 0 Å². The number of hydrogen-bond donors (Lipinski definition) is 1. The summed E-state index contributed by atoms with van der Waals surface area (Å²) in [5.74, 6) is 0.744. The fraction of sp³-hybridized carbons (Fsp3) is 0.500. The quantitative estimate of drug-likeness (QED) is 0.861. The molecular weight excluding hydrogens is 212 g/mol. The summed E-state index contributed by atoms with van der Waals surface area (Å²) in [6.07, 6.45) is 1.74. The highest BCUT2D eigenvalue weighted by Gasteiger charge is 2.22. The fourth-order valence-corrected chi connectivity index (χ4v) is 2.26. The third-order valence-corrected chi connectivity index (χ3v) is 3.32. The Labute approximate surface area is 103 Å². The highest BCUT2D eigenvalue weighted by molar-refractivity contribution is 5.75. The van der Waals surface area contributed by atoms with Gasteiger partial charge in [0.1, 0.15) is 0 Å². The van der Waals surface area contributed by atoms with Crippen LogP contribution in [-0.4, -0.2) is 25.5 Å². The molecule has 92 valence electrons. The Morgan fingerprint density at radius 1 is 1.41 bits per heavy atom. The van der Waals surface area contributed by atoms with Crippen molar-refractivity contribution in [1.82, 2.24) is 5.32 Å². The van der Waals surface area contributed by atoms with Crippen LogP contribution in [0.4, 0.5) is 5.69 Å². The summed E-state index contributed by atoms with van der Waals surface area (Å²) < 4.78 is 0. The second-order valence-electron chi connectivity index (χ2n) is 4.59.